The number of nitrogens with zero attached hydrogens (tertiary/aromatic N) is 2. The zero-order valence-electron chi connectivity index (χ0n) is 33.3. The molecule has 0 amide bonds. The van der Waals surface area contributed by atoms with Gasteiger partial charge in [0, 0.05) is 24.6 Å². The fourth-order valence-electron chi connectivity index (χ4n) is 6.65. The molecule has 2 saturated heterocycles. The van der Waals surface area contributed by atoms with Crippen molar-refractivity contribution in [3.05, 3.63) is 141 Å². The average Bonchev–Trinajstić information content (AvgIpc) is 3.70. The number of ether oxygens (including phenoxy) is 6. The monoisotopic (exact) mass is 772 g/mol. The minimum absolute atomic E-state index is 0.100. The Bertz CT molecular complexity index is 1800. The lowest BCUT2D eigenvalue weighted by atomic mass is 10.0. The van der Waals surface area contributed by atoms with Gasteiger partial charge >= 0.3 is 0 Å². The quantitative estimate of drug-likeness (QED) is 0.0890. The fourth-order valence-corrected chi connectivity index (χ4v) is 6.65. The van der Waals surface area contributed by atoms with Gasteiger partial charge in [-0.2, -0.15) is 0 Å². The number of hydrogen-bond donors (Lipinski definition) is 2. The SMILES string of the molecule is Cc1ccc(OC[C@H]2COC(C)(C)O2)cc1[C@H](O)CN(Cc1ccccc1)Cc1ccccc1.Cc1ccc(OC[C@H]2COC(C)(C)O2)cc1[C@H](O)C[N+](=O)[O-]. The molecule has 4 atom stereocenters. The zero-order valence-corrected chi connectivity index (χ0v) is 33.3. The van der Waals surface area contributed by atoms with Crippen LogP contribution in [0.5, 0.6) is 11.5 Å². The Labute approximate surface area is 330 Å². The molecule has 2 aliphatic heterocycles. The van der Waals surface area contributed by atoms with E-state index >= 15 is 0 Å². The molecule has 0 spiro atoms. The maximum atomic E-state index is 11.3. The maximum Gasteiger partial charge on any atom is 0.233 e. The van der Waals surface area contributed by atoms with Crippen LogP contribution < -0.4 is 9.47 Å². The van der Waals surface area contributed by atoms with E-state index in [2.05, 4.69) is 53.4 Å². The lowest BCUT2D eigenvalue weighted by Crippen LogP contribution is -2.28. The van der Waals surface area contributed by atoms with Gasteiger partial charge in [-0.15, -0.1) is 0 Å². The topological polar surface area (TPSA) is 142 Å². The van der Waals surface area contributed by atoms with Crippen LogP contribution in [0, 0.1) is 24.0 Å². The van der Waals surface area contributed by atoms with E-state index in [4.69, 9.17) is 28.4 Å². The summed E-state index contributed by atoms with van der Waals surface area (Å²) in [7, 11) is 0. The van der Waals surface area contributed by atoms with Gasteiger partial charge in [0.1, 0.15) is 43.0 Å². The Balaban J connectivity index is 0.000000236. The number of rotatable bonds is 16. The first-order chi connectivity index (χ1) is 26.6. The largest absolute Gasteiger partial charge is 0.491 e. The summed E-state index contributed by atoms with van der Waals surface area (Å²) in [5, 5.41) is 31.7. The molecule has 0 unspecified atom stereocenters. The van der Waals surface area contributed by atoms with Gasteiger partial charge in [0.15, 0.2) is 11.6 Å². The lowest BCUT2D eigenvalue weighted by molar-refractivity contribution is -0.491. The predicted octanol–water partition coefficient (Wildman–Crippen LogP) is 7.10. The van der Waals surface area contributed by atoms with Crippen LogP contribution in [-0.2, 0) is 32.0 Å². The van der Waals surface area contributed by atoms with Gasteiger partial charge in [-0.3, -0.25) is 15.0 Å². The van der Waals surface area contributed by atoms with E-state index < -0.39 is 35.3 Å². The molecule has 12 nitrogen and oxygen atoms in total. The summed E-state index contributed by atoms with van der Waals surface area (Å²) >= 11 is 0. The summed E-state index contributed by atoms with van der Waals surface area (Å²) < 4.78 is 34.2. The van der Waals surface area contributed by atoms with Crippen molar-refractivity contribution >= 4 is 0 Å². The molecule has 4 aromatic rings. The summed E-state index contributed by atoms with van der Waals surface area (Å²) in [5.41, 5.74) is 5.65. The van der Waals surface area contributed by atoms with Gasteiger partial charge in [-0.1, -0.05) is 72.8 Å². The molecule has 2 heterocycles. The summed E-state index contributed by atoms with van der Waals surface area (Å²) in [6.45, 7) is 14.5. The van der Waals surface area contributed by atoms with Gasteiger partial charge in [0.2, 0.25) is 6.54 Å². The molecule has 12 heteroatoms. The Kier molecular flexibility index (Phi) is 15.0. The number of aliphatic hydroxyl groups is 2. The van der Waals surface area contributed by atoms with Crippen molar-refractivity contribution in [3.63, 3.8) is 0 Å². The minimum Gasteiger partial charge on any atom is -0.491 e. The Morgan fingerprint density at radius 2 is 1.14 bits per heavy atom. The van der Waals surface area contributed by atoms with Crippen LogP contribution in [0.2, 0.25) is 0 Å². The van der Waals surface area contributed by atoms with Crippen LogP contribution in [-0.4, -0.2) is 83.3 Å². The van der Waals surface area contributed by atoms with Gasteiger partial charge in [0.05, 0.1) is 19.3 Å². The van der Waals surface area contributed by atoms with Crippen LogP contribution in [0.3, 0.4) is 0 Å². The van der Waals surface area contributed by atoms with Crippen molar-refractivity contribution in [2.75, 3.05) is 39.5 Å². The van der Waals surface area contributed by atoms with Crippen molar-refractivity contribution in [3.8, 4) is 11.5 Å². The van der Waals surface area contributed by atoms with Crippen molar-refractivity contribution in [2.45, 2.75) is 90.6 Å². The summed E-state index contributed by atoms with van der Waals surface area (Å²) in [4.78, 5) is 12.3. The Morgan fingerprint density at radius 1 is 0.714 bits per heavy atom. The average molecular weight is 773 g/mol. The summed E-state index contributed by atoms with van der Waals surface area (Å²) in [6.07, 6.45) is -2.05. The van der Waals surface area contributed by atoms with Gasteiger partial charge in [0.25, 0.3) is 0 Å². The van der Waals surface area contributed by atoms with Crippen LogP contribution >= 0.6 is 0 Å². The molecule has 0 aliphatic carbocycles. The van der Waals surface area contributed by atoms with Crippen molar-refractivity contribution < 1.29 is 43.6 Å². The standard InChI is InChI=1S/C29H35NO4.C15H21NO6/c1-22-14-15-25(32-20-26-21-33-29(2,3)34-26)16-27(22)28(31)19-30(17-23-10-6-4-7-11-23)18-24-12-8-5-9-13-24;1-10-4-5-11(6-13(10)14(17)7-16(18)19)20-8-12-9-21-15(2,3)22-12/h4-16,26,28,31H,17-21H2,1-3H3;4-6,12,14,17H,7-9H2,1-3H3/t26-,28+;12-,14+/m00/s1. The van der Waals surface area contributed by atoms with Gasteiger partial charge < -0.3 is 38.6 Å². The second-order valence-electron chi connectivity index (χ2n) is 15.2. The van der Waals surface area contributed by atoms with E-state index in [1.54, 1.807) is 25.1 Å². The van der Waals surface area contributed by atoms with Crippen LogP contribution in [0.1, 0.15) is 73.3 Å². The first-order valence-corrected chi connectivity index (χ1v) is 19.0. The number of benzene rings is 4. The highest BCUT2D eigenvalue weighted by atomic mass is 16.8. The van der Waals surface area contributed by atoms with E-state index in [0.717, 1.165) is 35.5 Å². The molecule has 302 valence electrons. The first kappa shape index (κ1) is 42.7. The molecule has 0 bridgehead atoms. The van der Waals surface area contributed by atoms with Crippen molar-refractivity contribution in [2.24, 2.45) is 0 Å². The number of aryl methyl sites for hydroxylation is 2. The van der Waals surface area contributed by atoms with E-state index in [1.165, 1.54) is 11.1 Å². The molecule has 6 rings (SSSR count). The molecule has 0 aromatic heterocycles. The molecule has 2 N–H and O–H groups in total. The highest BCUT2D eigenvalue weighted by molar-refractivity contribution is 5.37. The van der Waals surface area contributed by atoms with Crippen molar-refractivity contribution in [1.82, 2.24) is 4.90 Å². The van der Waals surface area contributed by atoms with E-state index in [0.29, 0.717) is 44.3 Å². The maximum absolute atomic E-state index is 11.3. The third-order valence-electron chi connectivity index (χ3n) is 9.48. The van der Waals surface area contributed by atoms with Crippen LogP contribution in [0.4, 0.5) is 0 Å². The number of nitro groups is 1. The molecule has 0 saturated carbocycles. The Morgan fingerprint density at radius 3 is 1.54 bits per heavy atom. The lowest BCUT2D eigenvalue weighted by Gasteiger charge is -2.26. The predicted molar refractivity (Wildman–Crippen MR) is 212 cm³/mol. The molecule has 2 aliphatic rings. The van der Waals surface area contributed by atoms with E-state index in [1.807, 2.05) is 65.0 Å². The highest BCUT2D eigenvalue weighted by Gasteiger charge is 2.34. The second-order valence-corrected chi connectivity index (χ2v) is 15.2. The molecule has 2 fully saturated rings. The molecular weight excluding hydrogens is 716 g/mol. The third-order valence-corrected chi connectivity index (χ3v) is 9.48. The summed E-state index contributed by atoms with van der Waals surface area (Å²) in [6, 6.07) is 31.8. The molecule has 0 radical (unpaired) electrons. The zero-order chi connectivity index (χ0) is 40.3. The van der Waals surface area contributed by atoms with Gasteiger partial charge in [-0.05, 0) is 99.2 Å². The molecular formula is C44H56N2O10. The second kappa shape index (κ2) is 19.6. The number of hydrogen-bond acceptors (Lipinski definition) is 11. The number of aliphatic hydroxyl groups excluding tert-OH is 2. The first-order valence-electron chi connectivity index (χ1n) is 19.0. The van der Waals surface area contributed by atoms with Crippen LogP contribution in [0.15, 0.2) is 97.1 Å². The Hall–Kier alpha value is -4.40. The van der Waals surface area contributed by atoms with Gasteiger partial charge in [-0.25, -0.2) is 0 Å². The van der Waals surface area contributed by atoms with E-state index in [-0.39, 0.29) is 12.2 Å². The molecule has 56 heavy (non-hydrogen) atoms. The fraction of sp³-hybridized carbons (Fsp3) is 0.455. The van der Waals surface area contributed by atoms with Crippen molar-refractivity contribution in [1.29, 1.82) is 0 Å². The van der Waals surface area contributed by atoms with E-state index in [9.17, 15) is 20.3 Å². The molecule has 4 aromatic carbocycles. The van der Waals surface area contributed by atoms with Crippen LogP contribution in [0.25, 0.3) is 0 Å². The normalized spacial score (nSPS) is 19.5. The highest BCUT2D eigenvalue weighted by Crippen LogP contribution is 2.29. The minimum atomic E-state index is -1.15. The summed E-state index contributed by atoms with van der Waals surface area (Å²) in [5.74, 6) is 0.0970. The third kappa shape index (κ3) is 13.4. The smallest absolute Gasteiger partial charge is 0.233 e.